The van der Waals surface area contributed by atoms with Crippen LogP contribution in [0.15, 0.2) is 253 Å². The minimum atomic E-state index is -0.529. The Morgan fingerprint density at radius 2 is 0.657 bits per heavy atom. The molecule has 1 heterocycles. The van der Waals surface area contributed by atoms with Crippen molar-refractivity contribution in [3.8, 4) is 55.6 Å². The molecular weight excluding hydrogens is 847 g/mol. The van der Waals surface area contributed by atoms with E-state index < -0.39 is 10.8 Å². The van der Waals surface area contributed by atoms with Crippen LogP contribution in [-0.4, -0.2) is 0 Å². The van der Waals surface area contributed by atoms with Crippen molar-refractivity contribution in [3.63, 3.8) is 0 Å². The number of anilines is 3. The lowest BCUT2D eigenvalue weighted by atomic mass is 9.70. The zero-order valence-corrected chi connectivity index (χ0v) is 38.0. The summed E-state index contributed by atoms with van der Waals surface area (Å²) in [6.45, 7) is 0. The number of hydrogen-bond acceptors (Lipinski definition) is 2. The molecule has 2 nitrogen and oxygen atoms in total. The van der Waals surface area contributed by atoms with Gasteiger partial charge < -0.3 is 9.32 Å². The van der Waals surface area contributed by atoms with Crippen LogP contribution in [0.3, 0.4) is 0 Å². The van der Waals surface area contributed by atoms with Crippen molar-refractivity contribution in [2.24, 2.45) is 0 Å². The van der Waals surface area contributed by atoms with E-state index in [1.165, 1.54) is 89.0 Å². The Hall–Kier alpha value is -8.98. The smallest absolute Gasteiger partial charge is 0.137 e. The van der Waals surface area contributed by atoms with Gasteiger partial charge in [0.1, 0.15) is 11.2 Å². The van der Waals surface area contributed by atoms with E-state index in [2.05, 4.69) is 254 Å². The molecule has 324 valence electrons. The van der Waals surface area contributed by atoms with E-state index in [-0.39, 0.29) is 0 Å². The molecule has 0 N–H and O–H groups in total. The maximum atomic E-state index is 6.74. The summed E-state index contributed by atoms with van der Waals surface area (Å²) < 4.78 is 6.74. The van der Waals surface area contributed by atoms with E-state index in [1.807, 2.05) is 0 Å². The van der Waals surface area contributed by atoms with Crippen molar-refractivity contribution in [2.75, 3.05) is 4.90 Å². The molecule has 11 aromatic carbocycles. The predicted octanol–water partition coefficient (Wildman–Crippen LogP) is 17.4. The largest absolute Gasteiger partial charge is 0.456 e. The Kier molecular flexibility index (Phi) is 7.51. The van der Waals surface area contributed by atoms with Crippen LogP contribution in [0.2, 0.25) is 0 Å². The van der Waals surface area contributed by atoms with Crippen molar-refractivity contribution in [1.29, 1.82) is 0 Å². The Bertz CT molecular complexity index is 4100. The van der Waals surface area contributed by atoms with Gasteiger partial charge in [-0.2, -0.15) is 0 Å². The number of hydrogen-bond donors (Lipinski definition) is 0. The zero-order chi connectivity index (χ0) is 45.7. The molecule has 0 unspecified atom stereocenters. The van der Waals surface area contributed by atoms with Crippen LogP contribution in [0, 0.1) is 0 Å². The number of nitrogens with zero attached hydrogens (tertiary/aromatic N) is 1. The number of benzene rings is 11. The first kappa shape index (κ1) is 38.0. The van der Waals surface area contributed by atoms with Gasteiger partial charge in [0.2, 0.25) is 0 Å². The minimum absolute atomic E-state index is 0.507. The molecule has 0 aliphatic heterocycles. The molecule has 12 aromatic rings. The Morgan fingerprint density at radius 3 is 1.20 bits per heavy atom. The summed E-state index contributed by atoms with van der Waals surface area (Å²) in [6, 6.07) is 93.1. The third-order valence-electron chi connectivity index (χ3n) is 16.3. The summed E-state index contributed by atoms with van der Waals surface area (Å²) in [5.74, 6) is 0. The van der Waals surface area contributed by atoms with Gasteiger partial charge in [-0.15, -0.1) is 0 Å². The predicted molar refractivity (Wildman–Crippen MR) is 286 cm³/mol. The summed E-state index contributed by atoms with van der Waals surface area (Å²) in [4.78, 5) is 2.53. The molecule has 2 spiro atoms. The van der Waals surface area contributed by atoms with Gasteiger partial charge in [0.05, 0.1) is 16.5 Å². The molecule has 2 heteroatoms. The van der Waals surface area contributed by atoms with Gasteiger partial charge >= 0.3 is 0 Å². The molecule has 70 heavy (non-hydrogen) atoms. The molecule has 0 amide bonds. The van der Waals surface area contributed by atoms with Gasteiger partial charge in [0.25, 0.3) is 0 Å². The van der Waals surface area contributed by atoms with Gasteiger partial charge in [0, 0.05) is 33.8 Å². The first-order chi connectivity index (χ1) is 34.7. The fraction of sp³-hybridized carbons (Fsp3) is 0.0294. The maximum absolute atomic E-state index is 6.74. The van der Waals surface area contributed by atoms with Crippen molar-refractivity contribution >= 4 is 39.0 Å². The molecule has 16 rings (SSSR count). The highest BCUT2D eigenvalue weighted by atomic mass is 16.3. The summed E-state index contributed by atoms with van der Waals surface area (Å²) in [6.07, 6.45) is 0. The highest BCUT2D eigenvalue weighted by Gasteiger charge is 2.53. The molecule has 0 radical (unpaired) electrons. The van der Waals surface area contributed by atoms with Crippen LogP contribution >= 0.6 is 0 Å². The SMILES string of the molecule is c1ccc(-c2cc3c(cc2N(c2ccc4c(c2)C2(c5ccccc5-c5ccccc52)c2ccccc2-4)c2ccc4c(c2)oc2ccccc24)C2(c4ccccc4-c4ccccc42)c2ccccc2-3)cc1. The first-order valence-corrected chi connectivity index (χ1v) is 24.4. The van der Waals surface area contributed by atoms with Crippen LogP contribution < -0.4 is 4.90 Å². The molecule has 0 saturated carbocycles. The quantitative estimate of drug-likeness (QED) is 0.175. The van der Waals surface area contributed by atoms with E-state index in [9.17, 15) is 0 Å². The summed E-state index contributed by atoms with van der Waals surface area (Å²) in [7, 11) is 0. The molecular formula is C68H41NO. The number of fused-ring (bicyclic) bond motifs is 23. The fourth-order valence-electron chi connectivity index (χ4n) is 13.7. The summed E-state index contributed by atoms with van der Waals surface area (Å²) in [5.41, 5.74) is 27.1. The second kappa shape index (κ2) is 13.8. The van der Waals surface area contributed by atoms with Crippen molar-refractivity contribution in [3.05, 3.63) is 293 Å². The first-order valence-electron chi connectivity index (χ1n) is 24.4. The number of para-hydroxylation sites is 1. The molecule has 0 bridgehead atoms. The maximum Gasteiger partial charge on any atom is 0.137 e. The minimum Gasteiger partial charge on any atom is -0.456 e. The van der Waals surface area contributed by atoms with Crippen molar-refractivity contribution in [1.82, 2.24) is 0 Å². The third-order valence-corrected chi connectivity index (χ3v) is 16.3. The molecule has 0 atom stereocenters. The standard InChI is InChI=1S/C68H41NO/c1-2-18-42(19-3-1)54-40-55-50-25-9-16-32-61(50)68(58-29-13-6-22-47(58)48-23-7-14-30-59(48)68)63(55)41-64(54)69(44-35-37-53-52-26-10-17-33-65(52)70-66(53)39-44)43-34-36-51-49-24-8-15-31-60(49)67(62(51)38-43)56-27-11-4-20-45(56)46-21-5-12-28-57(46)67/h1-41H. The molecule has 4 aliphatic rings. The van der Waals surface area contributed by atoms with Crippen LogP contribution in [0.25, 0.3) is 77.6 Å². The van der Waals surface area contributed by atoms with Crippen molar-refractivity contribution < 1.29 is 4.42 Å². The highest BCUT2D eigenvalue weighted by molar-refractivity contribution is 6.07. The third kappa shape index (κ3) is 4.68. The second-order valence-corrected chi connectivity index (χ2v) is 19.4. The van der Waals surface area contributed by atoms with E-state index in [0.29, 0.717) is 0 Å². The molecule has 1 aromatic heterocycles. The van der Waals surface area contributed by atoms with Crippen LogP contribution in [0.5, 0.6) is 0 Å². The Labute approximate surface area is 406 Å². The Morgan fingerprint density at radius 1 is 0.257 bits per heavy atom. The fourth-order valence-corrected chi connectivity index (χ4v) is 13.7. The lowest BCUT2D eigenvalue weighted by Crippen LogP contribution is -2.26. The summed E-state index contributed by atoms with van der Waals surface area (Å²) in [5, 5.41) is 2.22. The zero-order valence-electron chi connectivity index (χ0n) is 38.0. The number of furan rings is 1. The topological polar surface area (TPSA) is 16.4 Å². The number of rotatable bonds is 4. The Balaban J connectivity index is 1.03. The monoisotopic (exact) mass is 887 g/mol. The van der Waals surface area contributed by atoms with E-state index in [0.717, 1.165) is 50.1 Å². The van der Waals surface area contributed by atoms with Crippen LogP contribution in [0.1, 0.15) is 44.5 Å². The van der Waals surface area contributed by atoms with Gasteiger partial charge in [-0.25, -0.2) is 0 Å². The van der Waals surface area contributed by atoms with E-state index >= 15 is 0 Å². The average Bonchev–Trinajstić information content (AvgIpc) is 4.20. The molecule has 0 saturated heterocycles. The van der Waals surface area contributed by atoms with E-state index in [4.69, 9.17) is 4.42 Å². The van der Waals surface area contributed by atoms with Gasteiger partial charge in [-0.3, -0.25) is 0 Å². The van der Waals surface area contributed by atoms with Gasteiger partial charge in [-0.05, 0) is 137 Å². The van der Waals surface area contributed by atoms with E-state index in [1.54, 1.807) is 0 Å². The highest BCUT2D eigenvalue weighted by Crippen LogP contribution is 2.66. The van der Waals surface area contributed by atoms with Crippen LogP contribution in [-0.2, 0) is 10.8 Å². The molecule has 0 fully saturated rings. The lowest BCUT2D eigenvalue weighted by molar-refractivity contribution is 0.669. The average molecular weight is 888 g/mol. The van der Waals surface area contributed by atoms with Gasteiger partial charge in [-0.1, -0.05) is 200 Å². The summed E-state index contributed by atoms with van der Waals surface area (Å²) >= 11 is 0. The van der Waals surface area contributed by atoms with Crippen molar-refractivity contribution in [2.45, 2.75) is 10.8 Å². The van der Waals surface area contributed by atoms with Crippen LogP contribution in [0.4, 0.5) is 17.1 Å². The lowest BCUT2D eigenvalue weighted by Gasteiger charge is -2.34. The van der Waals surface area contributed by atoms with Gasteiger partial charge in [0.15, 0.2) is 0 Å². The normalized spacial score (nSPS) is 14.2. The second-order valence-electron chi connectivity index (χ2n) is 19.4. The molecule has 4 aliphatic carbocycles.